The molecule has 2 heterocycles. The first-order valence-corrected chi connectivity index (χ1v) is 10.4. The Bertz CT molecular complexity index is 585. The Balaban J connectivity index is 1.35. The predicted octanol–water partition coefficient (Wildman–Crippen LogP) is 3.02. The average Bonchev–Trinajstić information content (AvgIpc) is 3.40. The lowest BCUT2D eigenvalue weighted by Crippen LogP contribution is -2.34. The molecule has 5 heteroatoms. The highest BCUT2D eigenvalue weighted by atomic mass is 16.1. The standard InChI is InChI=1S/C20H32N4O/c25-20(21-16-8-9-16)11-10-17-14-19-15-23(12-5-13-24(19)22-17)18-6-3-1-2-4-7-18/h14,16,18H,1-13,15H2,(H,21,25). The SMILES string of the molecule is O=C(CCc1cc2n(n1)CCCN(C1CCCCCC1)C2)NC1CC1. The number of aryl methyl sites for hydroxylation is 2. The van der Waals surface area contributed by atoms with Crippen molar-refractivity contribution in [1.29, 1.82) is 0 Å². The van der Waals surface area contributed by atoms with Crippen LogP contribution in [0.3, 0.4) is 0 Å². The summed E-state index contributed by atoms with van der Waals surface area (Å²) in [5, 5.41) is 7.86. The molecule has 0 atom stereocenters. The van der Waals surface area contributed by atoms with Crippen molar-refractivity contribution in [3.8, 4) is 0 Å². The fraction of sp³-hybridized carbons (Fsp3) is 0.800. The molecule has 4 rings (SSSR count). The normalized spacial score (nSPS) is 22.9. The second kappa shape index (κ2) is 7.90. The van der Waals surface area contributed by atoms with E-state index < -0.39 is 0 Å². The molecule has 1 aromatic heterocycles. The summed E-state index contributed by atoms with van der Waals surface area (Å²) in [7, 11) is 0. The smallest absolute Gasteiger partial charge is 0.220 e. The van der Waals surface area contributed by atoms with Crippen molar-refractivity contribution in [3.05, 3.63) is 17.5 Å². The number of nitrogens with zero attached hydrogens (tertiary/aromatic N) is 3. The number of hydrogen-bond acceptors (Lipinski definition) is 3. The quantitative estimate of drug-likeness (QED) is 0.836. The fourth-order valence-corrected chi connectivity index (χ4v) is 4.37. The molecule has 1 aliphatic heterocycles. The first kappa shape index (κ1) is 17.1. The van der Waals surface area contributed by atoms with E-state index in [4.69, 9.17) is 5.10 Å². The van der Waals surface area contributed by atoms with Crippen LogP contribution < -0.4 is 5.32 Å². The van der Waals surface area contributed by atoms with E-state index in [1.54, 1.807) is 0 Å². The van der Waals surface area contributed by atoms with Gasteiger partial charge in [-0.2, -0.15) is 5.10 Å². The van der Waals surface area contributed by atoms with Crippen molar-refractivity contribution in [3.63, 3.8) is 0 Å². The van der Waals surface area contributed by atoms with Gasteiger partial charge in [0.15, 0.2) is 0 Å². The minimum Gasteiger partial charge on any atom is -0.353 e. The van der Waals surface area contributed by atoms with E-state index in [1.165, 1.54) is 57.2 Å². The van der Waals surface area contributed by atoms with Gasteiger partial charge < -0.3 is 5.32 Å². The molecule has 25 heavy (non-hydrogen) atoms. The fourth-order valence-electron chi connectivity index (χ4n) is 4.37. The third kappa shape index (κ3) is 4.63. The van der Waals surface area contributed by atoms with E-state index in [-0.39, 0.29) is 5.91 Å². The summed E-state index contributed by atoms with van der Waals surface area (Å²) < 4.78 is 2.20. The molecule has 2 fully saturated rings. The highest BCUT2D eigenvalue weighted by Gasteiger charge is 2.25. The minimum absolute atomic E-state index is 0.186. The molecule has 0 aromatic carbocycles. The van der Waals surface area contributed by atoms with Gasteiger partial charge in [-0.3, -0.25) is 14.4 Å². The van der Waals surface area contributed by atoms with Crippen LogP contribution in [0.2, 0.25) is 0 Å². The van der Waals surface area contributed by atoms with E-state index >= 15 is 0 Å². The van der Waals surface area contributed by atoms with Crippen LogP contribution in [0.4, 0.5) is 0 Å². The number of amides is 1. The molecule has 0 saturated heterocycles. The molecule has 5 nitrogen and oxygen atoms in total. The van der Waals surface area contributed by atoms with Gasteiger partial charge in [0.2, 0.25) is 5.91 Å². The second-order valence-corrected chi connectivity index (χ2v) is 8.16. The predicted molar refractivity (Wildman–Crippen MR) is 98.2 cm³/mol. The highest BCUT2D eigenvalue weighted by molar-refractivity contribution is 5.76. The first-order chi connectivity index (χ1) is 12.3. The molecule has 0 spiro atoms. The molecule has 0 unspecified atom stereocenters. The Kier molecular flexibility index (Phi) is 5.39. The van der Waals surface area contributed by atoms with Crippen LogP contribution in [0.25, 0.3) is 0 Å². The number of rotatable bonds is 5. The Morgan fingerprint density at radius 2 is 1.88 bits per heavy atom. The number of aromatic nitrogens is 2. The molecule has 2 aliphatic carbocycles. The Morgan fingerprint density at radius 3 is 2.64 bits per heavy atom. The number of carbonyl (C=O) groups is 1. The number of fused-ring (bicyclic) bond motifs is 1. The monoisotopic (exact) mass is 344 g/mol. The number of carbonyl (C=O) groups excluding carboxylic acids is 1. The van der Waals surface area contributed by atoms with Gasteiger partial charge >= 0.3 is 0 Å². The van der Waals surface area contributed by atoms with Gasteiger partial charge in [-0.05, 0) is 38.2 Å². The Hall–Kier alpha value is -1.36. The summed E-state index contributed by atoms with van der Waals surface area (Å²) in [5.41, 5.74) is 2.43. The Labute approximate surface area is 151 Å². The molecule has 1 N–H and O–H groups in total. The van der Waals surface area contributed by atoms with Gasteiger partial charge in [0.1, 0.15) is 0 Å². The maximum absolute atomic E-state index is 11.9. The maximum atomic E-state index is 11.9. The van der Waals surface area contributed by atoms with E-state index in [0.29, 0.717) is 12.5 Å². The van der Waals surface area contributed by atoms with Crippen LogP contribution in [0.1, 0.15) is 75.6 Å². The highest BCUT2D eigenvalue weighted by Crippen LogP contribution is 2.25. The molecule has 3 aliphatic rings. The molecule has 1 amide bonds. The maximum Gasteiger partial charge on any atom is 0.220 e. The summed E-state index contributed by atoms with van der Waals surface area (Å²) in [4.78, 5) is 14.6. The summed E-state index contributed by atoms with van der Waals surface area (Å²) in [6.45, 7) is 3.26. The lowest BCUT2D eigenvalue weighted by molar-refractivity contribution is -0.121. The van der Waals surface area contributed by atoms with Crippen LogP contribution in [-0.4, -0.2) is 39.2 Å². The van der Waals surface area contributed by atoms with E-state index in [9.17, 15) is 4.79 Å². The lowest BCUT2D eigenvalue weighted by Gasteiger charge is -2.29. The van der Waals surface area contributed by atoms with Crippen molar-refractivity contribution < 1.29 is 4.79 Å². The zero-order valence-electron chi connectivity index (χ0n) is 15.4. The first-order valence-electron chi connectivity index (χ1n) is 10.4. The lowest BCUT2D eigenvalue weighted by atomic mass is 10.1. The molecule has 0 radical (unpaired) electrons. The summed E-state index contributed by atoms with van der Waals surface area (Å²) in [6.07, 6.45) is 13.2. The van der Waals surface area contributed by atoms with Crippen molar-refractivity contribution in [2.45, 2.75) is 95.8 Å². The van der Waals surface area contributed by atoms with Crippen molar-refractivity contribution in [2.75, 3.05) is 6.54 Å². The van der Waals surface area contributed by atoms with Gasteiger partial charge in [0.25, 0.3) is 0 Å². The van der Waals surface area contributed by atoms with Crippen LogP contribution in [0.5, 0.6) is 0 Å². The summed E-state index contributed by atoms with van der Waals surface area (Å²) in [6, 6.07) is 3.47. The van der Waals surface area contributed by atoms with Crippen molar-refractivity contribution >= 4 is 5.91 Å². The molecule has 2 saturated carbocycles. The van der Waals surface area contributed by atoms with Crippen LogP contribution in [0.15, 0.2) is 6.07 Å². The van der Waals surface area contributed by atoms with Crippen LogP contribution >= 0.6 is 0 Å². The van der Waals surface area contributed by atoms with Gasteiger partial charge in [-0.15, -0.1) is 0 Å². The van der Waals surface area contributed by atoms with Gasteiger partial charge in [0, 0.05) is 44.6 Å². The minimum atomic E-state index is 0.186. The summed E-state index contributed by atoms with van der Waals surface area (Å²) in [5.74, 6) is 0.186. The number of hydrogen-bond donors (Lipinski definition) is 1. The number of nitrogens with one attached hydrogen (secondary N) is 1. The van der Waals surface area contributed by atoms with E-state index in [2.05, 4.69) is 21.0 Å². The largest absolute Gasteiger partial charge is 0.353 e. The molecular formula is C20H32N4O. The molecule has 0 bridgehead atoms. The van der Waals surface area contributed by atoms with Gasteiger partial charge in [-0.25, -0.2) is 0 Å². The molecular weight excluding hydrogens is 312 g/mol. The van der Waals surface area contributed by atoms with E-state index in [1.807, 2.05) is 0 Å². The average molecular weight is 345 g/mol. The molecule has 138 valence electrons. The topological polar surface area (TPSA) is 50.2 Å². The zero-order valence-corrected chi connectivity index (χ0v) is 15.4. The zero-order chi connectivity index (χ0) is 17.1. The van der Waals surface area contributed by atoms with E-state index in [0.717, 1.165) is 44.1 Å². The third-order valence-corrected chi connectivity index (χ3v) is 5.99. The molecule has 1 aromatic rings. The van der Waals surface area contributed by atoms with Gasteiger partial charge in [-0.1, -0.05) is 25.7 Å². The van der Waals surface area contributed by atoms with Crippen molar-refractivity contribution in [2.24, 2.45) is 0 Å². The second-order valence-electron chi connectivity index (χ2n) is 8.16. The summed E-state index contributed by atoms with van der Waals surface area (Å²) >= 11 is 0. The van der Waals surface area contributed by atoms with Crippen LogP contribution in [-0.2, 0) is 24.3 Å². The van der Waals surface area contributed by atoms with Crippen molar-refractivity contribution in [1.82, 2.24) is 20.0 Å². The Morgan fingerprint density at radius 1 is 1.08 bits per heavy atom. The third-order valence-electron chi connectivity index (χ3n) is 5.99. The van der Waals surface area contributed by atoms with Gasteiger partial charge in [0.05, 0.1) is 11.4 Å². The van der Waals surface area contributed by atoms with Crippen LogP contribution in [0, 0.1) is 0 Å².